The third kappa shape index (κ3) is 3.51. The van der Waals surface area contributed by atoms with E-state index in [0.717, 1.165) is 5.56 Å². The van der Waals surface area contributed by atoms with E-state index in [-0.39, 0.29) is 11.6 Å². The number of halogens is 2. The Bertz CT molecular complexity index is 423. The summed E-state index contributed by atoms with van der Waals surface area (Å²) in [5.74, 6) is -2.00. The number of hydrogen-bond acceptors (Lipinski definition) is 3. The second-order valence-corrected chi connectivity index (χ2v) is 3.45. The zero-order valence-corrected chi connectivity index (χ0v) is 9.05. The van der Waals surface area contributed by atoms with Crippen molar-refractivity contribution in [3.63, 3.8) is 0 Å². The van der Waals surface area contributed by atoms with Gasteiger partial charge in [-0.25, -0.2) is 4.39 Å². The van der Waals surface area contributed by atoms with Crippen molar-refractivity contribution in [1.82, 2.24) is 0 Å². The molecule has 0 atom stereocenters. The monoisotopic (exact) mass is 244 g/mol. The van der Waals surface area contributed by atoms with Crippen LogP contribution in [0.4, 0.5) is 4.39 Å². The van der Waals surface area contributed by atoms with Gasteiger partial charge in [0.25, 0.3) is 5.90 Å². The maximum atomic E-state index is 12.8. The van der Waals surface area contributed by atoms with E-state index < -0.39 is 17.6 Å². The van der Waals surface area contributed by atoms with Gasteiger partial charge in [-0.2, -0.15) is 0 Å². The predicted molar refractivity (Wildman–Crippen MR) is 58.0 cm³/mol. The number of carbonyl (C=O) groups excluding carboxylic acids is 1. The molecule has 1 aromatic carbocycles. The maximum Gasteiger partial charge on any atom is 0.303 e. The molecule has 3 N–H and O–H groups in total. The Morgan fingerprint density at radius 1 is 1.56 bits per heavy atom. The fourth-order valence-corrected chi connectivity index (χ4v) is 1.24. The minimum Gasteiger partial charge on any atom is -0.474 e. The van der Waals surface area contributed by atoms with Crippen molar-refractivity contribution in [2.24, 2.45) is 5.73 Å². The highest BCUT2D eigenvalue weighted by Crippen LogP contribution is 2.16. The van der Waals surface area contributed by atoms with Crippen molar-refractivity contribution in [3.8, 4) is 0 Å². The summed E-state index contributed by atoms with van der Waals surface area (Å²) in [6.45, 7) is 0.115. The third-order valence-corrected chi connectivity index (χ3v) is 2.13. The van der Waals surface area contributed by atoms with Crippen LogP contribution < -0.4 is 5.73 Å². The Morgan fingerprint density at radius 2 is 2.25 bits per heavy atom. The van der Waals surface area contributed by atoms with E-state index >= 15 is 0 Å². The normalized spacial score (nSPS) is 9.88. The lowest BCUT2D eigenvalue weighted by Crippen LogP contribution is -2.25. The van der Waals surface area contributed by atoms with E-state index in [1.54, 1.807) is 6.07 Å². The summed E-state index contributed by atoms with van der Waals surface area (Å²) >= 11 is 5.57. The minimum atomic E-state index is -0.919. The molecular weight excluding hydrogens is 235 g/mol. The zero-order chi connectivity index (χ0) is 12.1. The van der Waals surface area contributed by atoms with Gasteiger partial charge >= 0.3 is 5.91 Å². The van der Waals surface area contributed by atoms with Gasteiger partial charge in [-0.3, -0.25) is 10.2 Å². The Labute approximate surface area is 96.7 Å². The number of benzene rings is 1. The molecular formula is C10H10ClFN2O2. The Hall–Kier alpha value is -1.62. The van der Waals surface area contributed by atoms with E-state index in [1.165, 1.54) is 12.1 Å². The Kier molecular flexibility index (Phi) is 4.25. The highest BCUT2D eigenvalue weighted by atomic mass is 35.5. The quantitative estimate of drug-likeness (QED) is 0.624. The first-order valence-corrected chi connectivity index (χ1v) is 4.83. The first-order chi connectivity index (χ1) is 7.50. The van der Waals surface area contributed by atoms with E-state index in [4.69, 9.17) is 27.5 Å². The number of amides is 1. The number of ether oxygens (including phenoxy) is 1. The highest BCUT2D eigenvalue weighted by Gasteiger charge is 2.05. The number of carbonyl (C=O) groups is 1. The molecule has 1 amide bonds. The smallest absolute Gasteiger partial charge is 0.303 e. The molecule has 4 nitrogen and oxygen atoms in total. The zero-order valence-electron chi connectivity index (χ0n) is 8.30. The summed E-state index contributed by atoms with van der Waals surface area (Å²) in [6.07, 6.45) is 0.412. The lowest BCUT2D eigenvalue weighted by molar-refractivity contribution is -0.113. The number of nitrogens with one attached hydrogen (secondary N) is 1. The number of rotatable bonds is 3. The largest absolute Gasteiger partial charge is 0.474 e. The molecule has 0 heterocycles. The standard InChI is InChI=1S/C10H10ClFN2O2/c11-7-5-6(1-2-8(7)12)3-4-16-10(14)9(13)15/h1-2,5,14H,3-4H2,(H2,13,15). The first-order valence-electron chi connectivity index (χ1n) is 4.46. The predicted octanol–water partition coefficient (Wildman–Crippen LogP) is 1.50. The summed E-state index contributed by atoms with van der Waals surface area (Å²) in [5.41, 5.74) is 5.55. The van der Waals surface area contributed by atoms with Gasteiger partial charge in [0.15, 0.2) is 0 Å². The van der Waals surface area contributed by atoms with Crippen LogP contribution in [0.3, 0.4) is 0 Å². The minimum absolute atomic E-state index is 0.0301. The summed E-state index contributed by atoms with van der Waals surface area (Å²) in [5, 5.41) is 7.03. The maximum absolute atomic E-state index is 12.8. The van der Waals surface area contributed by atoms with Gasteiger partial charge in [0.1, 0.15) is 5.82 Å². The lowest BCUT2D eigenvalue weighted by atomic mass is 10.1. The van der Waals surface area contributed by atoms with Crippen LogP contribution in [-0.4, -0.2) is 18.4 Å². The van der Waals surface area contributed by atoms with Crippen molar-refractivity contribution >= 4 is 23.4 Å². The molecule has 86 valence electrons. The summed E-state index contributed by atoms with van der Waals surface area (Å²) in [4.78, 5) is 10.4. The average molecular weight is 245 g/mol. The van der Waals surface area contributed by atoms with Crippen LogP contribution in [-0.2, 0) is 16.0 Å². The molecule has 0 aromatic heterocycles. The van der Waals surface area contributed by atoms with Crippen molar-refractivity contribution < 1.29 is 13.9 Å². The fraction of sp³-hybridized carbons (Fsp3) is 0.200. The molecule has 0 aliphatic heterocycles. The number of nitrogens with two attached hydrogens (primary N) is 1. The molecule has 1 rings (SSSR count). The van der Waals surface area contributed by atoms with Crippen LogP contribution in [0, 0.1) is 11.2 Å². The summed E-state index contributed by atoms with van der Waals surface area (Å²) in [6, 6.07) is 4.27. The van der Waals surface area contributed by atoms with Gasteiger partial charge in [-0.1, -0.05) is 17.7 Å². The van der Waals surface area contributed by atoms with E-state index in [9.17, 15) is 9.18 Å². The van der Waals surface area contributed by atoms with Crippen molar-refractivity contribution in [2.45, 2.75) is 6.42 Å². The molecule has 6 heteroatoms. The first kappa shape index (κ1) is 12.4. The van der Waals surface area contributed by atoms with Crippen LogP contribution in [0.1, 0.15) is 5.56 Å². The van der Waals surface area contributed by atoms with Crippen LogP contribution >= 0.6 is 11.6 Å². The third-order valence-electron chi connectivity index (χ3n) is 1.84. The van der Waals surface area contributed by atoms with Gasteiger partial charge in [-0.15, -0.1) is 0 Å². The van der Waals surface area contributed by atoms with Gasteiger partial charge < -0.3 is 10.5 Å². The SMILES string of the molecule is N=C(OCCc1ccc(F)c(Cl)c1)C(N)=O. The van der Waals surface area contributed by atoms with E-state index in [0.29, 0.717) is 6.42 Å². The summed E-state index contributed by atoms with van der Waals surface area (Å²) < 4.78 is 17.5. The highest BCUT2D eigenvalue weighted by molar-refractivity contribution is 6.33. The Balaban J connectivity index is 2.46. The van der Waals surface area contributed by atoms with Crippen molar-refractivity contribution in [1.29, 1.82) is 5.41 Å². The molecule has 0 aliphatic rings. The second-order valence-electron chi connectivity index (χ2n) is 3.04. The molecule has 0 bridgehead atoms. The molecule has 0 unspecified atom stereocenters. The van der Waals surface area contributed by atoms with Gasteiger partial charge in [0, 0.05) is 6.42 Å². The lowest BCUT2D eigenvalue weighted by Gasteiger charge is -2.05. The molecule has 0 fully saturated rings. The molecule has 0 spiro atoms. The molecule has 16 heavy (non-hydrogen) atoms. The van der Waals surface area contributed by atoms with Gasteiger partial charge in [-0.05, 0) is 17.7 Å². The molecule has 0 aliphatic carbocycles. The fourth-order valence-electron chi connectivity index (χ4n) is 1.04. The van der Waals surface area contributed by atoms with Crippen molar-refractivity contribution in [2.75, 3.05) is 6.61 Å². The second kappa shape index (κ2) is 5.46. The summed E-state index contributed by atoms with van der Waals surface area (Å²) in [7, 11) is 0. The Morgan fingerprint density at radius 3 is 2.81 bits per heavy atom. The van der Waals surface area contributed by atoms with Crippen molar-refractivity contribution in [3.05, 3.63) is 34.6 Å². The topological polar surface area (TPSA) is 76.2 Å². The van der Waals surface area contributed by atoms with Gasteiger partial charge in [0.05, 0.1) is 11.6 Å². The van der Waals surface area contributed by atoms with Crippen LogP contribution in [0.5, 0.6) is 0 Å². The molecule has 0 saturated carbocycles. The molecule has 0 radical (unpaired) electrons. The van der Waals surface area contributed by atoms with Crippen LogP contribution in [0.2, 0.25) is 5.02 Å². The number of primary amides is 1. The van der Waals surface area contributed by atoms with E-state index in [2.05, 4.69) is 0 Å². The van der Waals surface area contributed by atoms with Crippen LogP contribution in [0.15, 0.2) is 18.2 Å². The molecule has 1 aromatic rings. The van der Waals surface area contributed by atoms with Crippen LogP contribution in [0.25, 0.3) is 0 Å². The number of hydrogen-bond donors (Lipinski definition) is 2. The molecule has 0 saturated heterocycles. The van der Waals surface area contributed by atoms with E-state index in [1.807, 2.05) is 0 Å². The average Bonchev–Trinajstić information content (AvgIpc) is 2.23. The van der Waals surface area contributed by atoms with Gasteiger partial charge in [0.2, 0.25) is 0 Å².